The Balaban J connectivity index is 1.43. The molecule has 2 aliphatic rings. The van der Waals surface area contributed by atoms with Crippen LogP contribution in [-0.2, 0) is 0 Å². The Labute approximate surface area is 218 Å². The maximum atomic E-state index is 13.3. The van der Waals surface area contributed by atoms with Crippen molar-refractivity contribution in [3.63, 3.8) is 0 Å². The molecule has 2 aromatic heterocycles. The summed E-state index contributed by atoms with van der Waals surface area (Å²) in [4.78, 5) is 31.1. The van der Waals surface area contributed by atoms with Gasteiger partial charge in [-0.15, -0.1) is 0 Å². The van der Waals surface area contributed by atoms with E-state index in [2.05, 4.69) is 26.9 Å². The topological polar surface area (TPSA) is 149 Å². The molecule has 4 rings (SSSR count). The van der Waals surface area contributed by atoms with Crippen molar-refractivity contribution in [3.05, 3.63) is 24.3 Å². The molecule has 1 unspecified atom stereocenters. The third kappa shape index (κ3) is 7.33. The van der Waals surface area contributed by atoms with Crippen LogP contribution in [0.5, 0.6) is 11.8 Å². The highest BCUT2D eigenvalue weighted by Crippen LogP contribution is 2.37. The lowest BCUT2D eigenvalue weighted by Gasteiger charge is -2.33. The minimum atomic E-state index is -4.71. The van der Waals surface area contributed by atoms with Gasteiger partial charge in [0.2, 0.25) is 0 Å². The molecule has 38 heavy (non-hydrogen) atoms. The molecule has 0 aromatic carbocycles. The first-order valence-electron chi connectivity index (χ1n) is 12.6. The molecule has 0 spiro atoms. The summed E-state index contributed by atoms with van der Waals surface area (Å²) in [5.41, 5.74) is 5.56. The zero-order valence-corrected chi connectivity index (χ0v) is 21.0. The van der Waals surface area contributed by atoms with E-state index in [9.17, 15) is 18.0 Å². The summed E-state index contributed by atoms with van der Waals surface area (Å²) in [6.07, 6.45) is -0.00167. The van der Waals surface area contributed by atoms with Crippen molar-refractivity contribution < 1.29 is 32.5 Å². The van der Waals surface area contributed by atoms with Gasteiger partial charge in [0, 0.05) is 25.8 Å². The number of hydrogen-bond donors (Lipinski definition) is 3. The second kappa shape index (κ2) is 12.0. The summed E-state index contributed by atoms with van der Waals surface area (Å²) >= 11 is 0. The van der Waals surface area contributed by atoms with Gasteiger partial charge in [-0.1, -0.05) is 6.92 Å². The Bertz CT molecular complexity index is 1100. The van der Waals surface area contributed by atoms with Crippen molar-refractivity contribution >= 4 is 17.5 Å². The van der Waals surface area contributed by atoms with Crippen LogP contribution in [0, 0.1) is 17.8 Å². The smallest absolute Gasteiger partial charge is 0.408 e. The van der Waals surface area contributed by atoms with Gasteiger partial charge in [0.05, 0.1) is 19.4 Å². The number of amides is 1. The fourth-order valence-corrected chi connectivity index (χ4v) is 4.22. The van der Waals surface area contributed by atoms with Crippen LogP contribution in [0.25, 0.3) is 0 Å². The number of nitrogens with zero attached hydrogens (tertiary/aromatic N) is 5. The number of piperidine rings is 1. The number of nitrogens with one attached hydrogen (secondary N) is 1. The number of nitrogen functional groups attached to an aromatic ring is 1. The Morgan fingerprint density at radius 2 is 2.00 bits per heavy atom. The molecular formula is C24H32F3N7O4. The van der Waals surface area contributed by atoms with Crippen LogP contribution in [0.4, 0.5) is 24.8 Å². The zero-order valence-electron chi connectivity index (χ0n) is 21.0. The van der Waals surface area contributed by atoms with Crippen molar-refractivity contribution in [2.45, 2.75) is 44.8 Å². The number of ether oxygens (including phenoxy) is 2. The normalized spacial score (nSPS) is 20.6. The third-order valence-electron chi connectivity index (χ3n) is 6.87. The molecule has 2 fully saturated rings. The summed E-state index contributed by atoms with van der Waals surface area (Å²) in [5.74, 6) is 1.18. The third-order valence-corrected chi connectivity index (χ3v) is 6.87. The molecule has 1 aliphatic heterocycles. The largest absolute Gasteiger partial charge is 0.488 e. The fourth-order valence-electron chi connectivity index (χ4n) is 4.22. The van der Waals surface area contributed by atoms with Gasteiger partial charge in [0.25, 0.3) is 5.91 Å². The van der Waals surface area contributed by atoms with Crippen LogP contribution in [-0.4, -0.2) is 76.1 Å². The SMILES string of the molecule is C[C@@H]1C[C@@H]1COc1nc(C(=O)NC(CCO)C(F)(F)F)cc(N2CCC(COc3cncnc3N)CC2)n1. The number of nitrogens with two attached hydrogens (primary N) is 1. The fraction of sp³-hybridized carbons (Fsp3) is 0.625. The first-order valence-corrected chi connectivity index (χ1v) is 12.6. The number of carbonyl (C=O) groups is 1. The number of hydrogen-bond acceptors (Lipinski definition) is 10. The van der Waals surface area contributed by atoms with Crippen LogP contribution in [0.2, 0.25) is 0 Å². The maximum absolute atomic E-state index is 13.3. The van der Waals surface area contributed by atoms with Gasteiger partial charge in [0.15, 0.2) is 11.6 Å². The van der Waals surface area contributed by atoms with Crippen molar-refractivity contribution in [1.82, 2.24) is 25.3 Å². The van der Waals surface area contributed by atoms with Gasteiger partial charge in [-0.25, -0.2) is 9.97 Å². The second-order valence-corrected chi connectivity index (χ2v) is 9.77. The quantitative estimate of drug-likeness (QED) is 0.388. The highest BCUT2D eigenvalue weighted by molar-refractivity contribution is 5.93. The van der Waals surface area contributed by atoms with Gasteiger partial charge in [-0.3, -0.25) is 4.79 Å². The van der Waals surface area contributed by atoms with E-state index in [1.807, 2.05) is 10.2 Å². The van der Waals surface area contributed by atoms with Crippen molar-refractivity contribution in [2.75, 3.05) is 43.5 Å². The standard InChI is InChI=1S/C24H32F3N7O4/c1-14-8-16(14)12-38-23-31-17(22(36)32-19(4-7-35)24(25,26)27)9-20(33-23)34-5-2-15(3-6-34)11-37-18-10-29-13-30-21(18)28/h9-10,13-16,19,35H,2-8,11-12H2,1H3,(H,32,36)(H2,28,29,30)/t14-,16-,19?/m1/s1. The number of aliphatic hydroxyl groups is 1. The van der Waals surface area contributed by atoms with E-state index in [0.29, 0.717) is 49.7 Å². The van der Waals surface area contributed by atoms with E-state index in [4.69, 9.17) is 20.3 Å². The van der Waals surface area contributed by atoms with Crippen molar-refractivity contribution in [2.24, 2.45) is 17.8 Å². The molecule has 0 radical (unpaired) electrons. The minimum absolute atomic E-state index is 0.0533. The molecule has 0 bridgehead atoms. The Morgan fingerprint density at radius 1 is 1.26 bits per heavy atom. The van der Waals surface area contributed by atoms with E-state index in [0.717, 1.165) is 19.3 Å². The highest BCUT2D eigenvalue weighted by Gasteiger charge is 2.40. The lowest BCUT2D eigenvalue weighted by atomic mass is 9.98. The zero-order chi connectivity index (χ0) is 27.3. The minimum Gasteiger partial charge on any atom is -0.488 e. The molecule has 14 heteroatoms. The van der Waals surface area contributed by atoms with E-state index >= 15 is 0 Å². The van der Waals surface area contributed by atoms with Gasteiger partial charge in [-0.2, -0.15) is 23.1 Å². The van der Waals surface area contributed by atoms with Crippen molar-refractivity contribution in [3.8, 4) is 11.8 Å². The molecule has 2 aromatic rings. The second-order valence-electron chi connectivity index (χ2n) is 9.77. The molecular weight excluding hydrogens is 507 g/mol. The number of anilines is 2. The lowest BCUT2D eigenvalue weighted by molar-refractivity contribution is -0.156. The van der Waals surface area contributed by atoms with E-state index in [1.165, 1.54) is 18.6 Å². The van der Waals surface area contributed by atoms with Gasteiger partial charge >= 0.3 is 12.2 Å². The molecule has 3 heterocycles. The van der Waals surface area contributed by atoms with Crippen LogP contribution >= 0.6 is 0 Å². The Morgan fingerprint density at radius 3 is 2.63 bits per heavy atom. The molecule has 1 aliphatic carbocycles. The molecule has 208 valence electrons. The molecule has 3 atom stereocenters. The van der Waals surface area contributed by atoms with Crippen LogP contribution in [0.1, 0.15) is 43.1 Å². The predicted molar refractivity (Wildman–Crippen MR) is 131 cm³/mol. The summed E-state index contributed by atoms with van der Waals surface area (Å²) in [5, 5.41) is 10.9. The van der Waals surface area contributed by atoms with Crippen LogP contribution < -0.4 is 25.4 Å². The first-order chi connectivity index (χ1) is 18.1. The summed E-state index contributed by atoms with van der Waals surface area (Å²) in [7, 11) is 0. The molecule has 1 amide bonds. The number of carbonyl (C=O) groups excluding carboxylic acids is 1. The van der Waals surface area contributed by atoms with Crippen molar-refractivity contribution in [1.29, 1.82) is 0 Å². The molecule has 1 saturated carbocycles. The number of halogens is 3. The molecule has 11 nitrogen and oxygen atoms in total. The number of alkyl halides is 3. The maximum Gasteiger partial charge on any atom is 0.408 e. The number of rotatable bonds is 11. The number of aromatic nitrogens is 4. The molecule has 1 saturated heterocycles. The summed E-state index contributed by atoms with van der Waals surface area (Å²) in [6.45, 7) is 3.34. The first kappa shape index (κ1) is 27.6. The van der Waals surface area contributed by atoms with Gasteiger partial charge in [0.1, 0.15) is 23.9 Å². The Hall–Kier alpha value is -3.42. The predicted octanol–water partition coefficient (Wildman–Crippen LogP) is 2.22. The monoisotopic (exact) mass is 539 g/mol. The Kier molecular flexibility index (Phi) is 8.69. The van der Waals surface area contributed by atoms with Gasteiger partial charge < -0.3 is 30.5 Å². The average Bonchev–Trinajstić information content (AvgIpc) is 3.61. The summed E-state index contributed by atoms with van der Waals surface area (Å²) in [6, 6.07) is -0.884. The van der Waals surface area contributed by atoms with Gasteiger partial charge in [-0.05, 0) is 43.4 Å². The number of aliphatic hydroxyl groups excluding tert-OH is 1. The lowest BCUT2D eigenvalue weighted by Crippen LogP contribution is -2.46. The highest BCUT2D eigenvalue weighted by atomic mass is 19.4. The molecule has 4 N–H and O–H groups in total. The van der Waals surface area contributed by atoms with E-state index in [-0.39, 0.29) is 23.4 Å². The van der Waals surface area contributed by atoms with Crippen LogP contribution in [0.15, 0.2) is 18.6 Å². The van der Waals surface area contributed by atoms with Crippen LogP contribution in [0.3, 0.4) is 0 Å². The summed E-state index contributed by atoms with van der Waals surface area (Å²) < 4.78 is 51.4. The average molecular weight is 540 g/mol. The van der Waals surface area contributed by atoms with E-state index in [1.54, 1.807) is 0 Å². The van der Waals surface area contributed by atoms with E-state index < -0.39 is 31.2 Å².